The van der Waals surface area contributed by atoms with Crippen LogP contribution in [0.15, 0.2) is 78.9 Å². The van der Waals surface area contributed by atoms with E-state index < -0.39 is 11.9 Å². The Labute approximate surface area is 162 Å². The summed E-state index contributed by atoms with van der Waals surface area (Å²) < 4.78 is 15.8. The summed E-state index contributed by atoms with van der Waals surface area (Å²) in [5.41, 5.74) is 0.918. The number of esters is 1. The Kier molecular flexibility index (Phi) is 6.25. The van der Waals surface area contributed by atoms with Gasteiger partial charge in [-0.25, -0.2) is 4.79 Å². The van der Waals surface area contributed by atoms with Gasteiger partial charge in [0.15, 0.2) is 6.61 Å². The monoisotopic (exact) mass is 377 g/mol. The molecule has 0 spiro atoms. The molecule has 0 saturated carbocycles. The Balaban J connectivity index is 1.49. The minimum absolute atomic E-state index is 0.331. The number of methoxy groups -OCH3 is 1. The third-order valence-electron chi connectivity index (χ3n) is 3.78. The van der Waals surface area contributed by atoms with Gasteiger partial charge in [0.05, 0.1) is 12.7 Å². The molecule has 0 aromatic heterocycles. The summed E-state index contributed by atoms with van der Waals surface area (Å²) in [5, 5.41) is 2.64. The van der Waals surface area contributed by atoms with Gasteiger partial charge in [-0.15, -0.1) is 0 Å². The molecule has 1 amide bonds. The van der Waals surface area contributed by atoms with Gasteiger partial charge in [0.1, 0.15) is 17.2 Å². The number of anilines is 1. The molecule has 0 aliphatic heterocycles. The zero-order valence-electron chi connectivity index (χ0n) is 15.3. The standard InChI is InChI=1S/C22H19NO5/c1-26-18-13-9-17(10-14-18)23-21(24)15-27-22(25)16-7-11-20(12-8-16)28-19-5-3-2-4-6-19/h2-14H,15H2,1H3,(H,23,24). The van der Waals surface area contributed by atoms with Gasteiger partial charge in [0, 0.05) is 5.69 Å². The van der Waals surface area contributed by atoms with Crippen molar-refractivity contribution in [2.45, 2.75) is 0 Å². The molecule has 6 heteroatoms. The molecule has 3 aromatic rings. The minimum Gasteiger partial charge on any atom is -0.497 e. The van der Waals surface area contributed by atoms with E-state index in [0.29, 0.717) is 28.5 Å². The second-order valence-corrected chi connectivity index (χ2v) is 5.79. The predicted octanol–water partition coefficient (Wildman–Crippen LogP) is 4.28. The van der Waals surface area contributed by atoms with Crippen LogP contribution in [-0.2, 0) is 9.53 Å². The molecule has 3 rings (SSSR count). The van der Waals surface area contributed by atoms with Gasteiger partial charge in [-0.1, -0.05) is 18.2 Å². The number of rotatable bonds is 7. The molecule has 0 fully saturated rings. The molecule has 0 aliphatic carbocycles. The van der Waals surface area contributed by atoms with Gasteiger partial charge in [0.25, 0.3) is 5.91 Å². The van der Waals surface area contributed by atoms with E-state index in [4.69, 9.17) is 14.2 Å². The zero-order valence-corrected chi connectivity index (χ0v) is 15.3. The number of hydrogen-bond donors (Lipinski definition) is 1. The maximum Gasteiger partial charge on any atom is 0.338 e. The van der Waals surface area contributed by atoms with Crippen molar-refractivity contribution in [2.75, 3.05) is 19.0 Å². The van der Waals surface area contributed by atoms with Crippen molar-refractivity contribution in [3.8, 4) is 17.2 Å². The molecule has 0 bridgehead atoms. The first-order chi connectivity index (χ1) is 13.6. The molecule has 0 heterocycles. The molecule has 0 radical (unpaired) electrons. The van der Waals surface area contributed by atoms with Crippen LogP contribution in [0, 0.1) is 0 Å². The topological polar surface area (TPSA) is 73.9 Å². The number of carbonyl (C=O) groups excluding carboxylic acids is 2. The number of para-hydroxylation sites is 1. The van der Waals surface area contributed by atoms with Crippen molar-refractivity contribution in [3.05, 3.63) is 84.4 Å². The quantitative estimate of drug-likeness (QED) is 0.622. The van der Waals surface area contributed by atoms with E-state index in [2.05, 4.69) is 5.32 Å². The van der Waals surface area contributed by atoms with Crippen molar-refractivity contribution in [1.29, 1.82) is 0 Å². The highest BCUT2D eigenvalue weighted by Crippen LogP contribution is 2.21. The van der Waals surface area contributed by atoms with Crippen LogP contribution in [0.5, 0.6) is 17.2 Å². The van der Waals surface area contributed by atoms with Crippen molar-refractivity contribution >= 4 is 17.6 Å². The van der Waals surface area contributed by atoms with E-state index in [9.17, 15) is 9.59 Å². The second kappa shape index (κ2) is 9.23. The number of benzene rings is 3. The Bertz CT molecular complexity index is 921. The SMILES string of the molecule is COc1ccc(NC(=O)COC(=O)c2ccc(Oc3ccccc3)cc2)cc1. The third kappa shape index (κ3) is 5.35. The van der Waals surface area contributed by atoms with Gasteiger partial charge >= 0.3 is 5.97 Å². The summed E-state index contributed by atoms with van der Waals surface area (Å²) in [6.45, 7) is -0.382. The van der Waals surface area contributed by atoms with Crippen LogP contribution in [0.2, 0.25) is 0 Å². The van der Waals surface area contributed by atoms with Crippen molar-refractivity contribution < 1.29 is 23.8 Å². The smallest absolute Gasteiger partial charge is 0.338 e. The zero-order chi connectivity index (χ0) is 19.8. The van der Waals surface area contributed by atoms with E-state index in [0.717, 1.165) is 0 Å². The molecular formula is C22H19NO5. The molecule has 1 N–H and O–H groups in total. The van der Waals surface area contributed by atoms with E-state index in [1.165, 1.54) is 0 Å². The third-order valence-corrected chi connectivity index (χ3v) is 3.78. The molecule has 0 unspecified atom stereocenters. The Morgan fingerprint density at radius 3 is 2.04 bits per heavy atom. The summed E-state index contributed by atoms with van der Waals surface area (Å²) in [6, 6.07) is 22.7. The lowest BCUT2D eigenvalue weighted by atomic mass is 10.2. The minimum atomic E-state index is -0.587. The fraction of sp³-hybridized carbons (Fsp3) is 0.0909. The lowest BCUT2D eigenvalue weighted by Gasteiger charge is -2.08. The maximum absolute atomic E-state index is 12.1. The highest BCUT2D eigenvalue weighted by Gasteiger charge is 2.11. The van der Waals surface area contributed by atoms with Gasteiger partial charge < -0.3 is 19.5 Å². The molecule has 0 saturated heterocycles. The molecular weight excluding hydrogens is 358 g/mol. The van der Waals surface area contributed by atoms with Crippen LogP contribution in [-0.4, -0.2) is 25.6 Å². The van der Waals surface area contributed by atoms with Crippen molar-refractivity contribution in [2.24, 2.45) is 0 Å². The van der Waals surface area contributed by atoms with Crippen LogP contribution in [0.25, 0.3) is 0 Å². The average molecular weight is 377 g/mol. The van der Waals surface area contributed by atoms with Crippen LogP contribution in [0.3, 0.4) is 0 Å². The number of hydrogen-bond acceptors (Lipinski definition) is 5. The summed E-state index contributed by atoms with van der Waals surface area (Å²) >= 11 is 0. The molecule has 142 valence electrons. The largest absolute Gasteiger partial charge is 0.497 e. The van der Waals surface area contributed by atoms with Crippen LogP contribution in [0.4, 0.5) is 5.69 Å². The van der Waals surface area contributed by atoms with Crippen molar-refractivity contribution in [3.63, 3.8) is 0 Å². The summed E-state index contributed by atoms with van der Waals surface area (Å²) in [4.78, 5) is 24.0. The number of carbonyl (C=O) groups is 2. The molecule has 0 aliphatic rings. The fourth-order valence-corrected chi connectivity index (χ4v) is 2.37. The maximum atomic E-state index is 12.1. The normalized spacial score (nSPS) is 10.0. The van der Waals surface area contributed by atoms with Gasteiger partial charge in [-0.05, 0) is 60.7 Å². The summed E-state index contributed by atoms with van der Waals surface area (Å²) in [5.74, 6) is 0.968. The Hall–Kier alpha value is -3.80. The molecule has 6 nitrogen and oxygen atoms in total. The highest BCUT2D eigenvalue weighted by molar-refractivity contribution is 5.95. The highest BCUT2D eigenvalue weighted by atomic mass is 16.5. The average Bonchev–Trinajstić information content (AvgIpc) is 2.74. The molecule has 0 atom stereocenters. The first-order valence-electron chi connectivity index (χ1n) is 8.58. The number of amides is 1. The van der Waals surface area contributed by atoms with Crippen LogP contribution >= 0.6 is 0 Å². The summed E-state index contributed by atoms with van der Waals surface area (Å²) in [7, 11) is 1.56. The van der Waals surface area contributed by atoms with Crippen LogP contribution in [0.1, 0.15) is 10.4 Å². The Morgan fingerprint density at radius 1 is 0.786 bits per heavy atom. The number of nitrogens with one attached hydrogen (secondary N) is 1. The van der Waals surface area contributed by atoms with Gasteiger partial charge in [0.2, 0.25) is 0 Å². The predicted molar refractivity (Wildman–Crippen MR) is 105 cm³/mol. The molecule has 28 heavy (non-hydrogen) atoms. The van der Waals surface area contributed by atoms with E-state index in [1.54, 1.807) is 55.6 Å². The Morgan fingerprint density at radius 2 is 1.39 bits per heavy atom. The van der Waals surface area contributed by atoms with Crippen LogP contribution < -0.4 is 14.8 Å². The van der Waals surface area contributed by atoms with E-state index in [-0.39, 0.29) is 6.61 Å². The summed E-state index contributed by atoms with van der Waals surface area (Å²) in [6.07, 6.45) is 0. The number of ether oxygens (including phenoxy) is 3. The van der Waals surface area contributed by atoms with E-state index >= 15 is 0 Å². The fourth-order valence-electron chi connectivity index (χ4n) is 2.37. The van der Waals surface area contributed by atoms with Gasteiger partial charge in [-0.3, -0.25) is 4.79 Å². The first-order valence-corrected chi connectivity index (χ1v) is 8.58. The molecule has 3 aromatic carbocycles. The lowest BCUT2D eigenvalue weighted by Crippen LogP contribution is -2.20. The first kappa shape index (κ1) is 19.0. The lowest BCUT2D eigenvalue weighted by molar-refractivity contribution is -0.119. The van der Waals surface area contributed by atoms with E-state index in [1.807, 2.05) is 30.3 Å². The van der Waals surface area contributed by atoms with Gasteiger partial charge in [-0.2, -0.15) is 0 Å². The second-order valence-electron chi connectivity index (χ2n) is 5.79. The van der Waals surface area contributed by atoms with Crippen molar-refractivity contribution in [1.82, 2.24) is 0 Å².